The van der Waals surface area contributed by atoms with Crippen LogP contribution in [0.4, 0.5) is 5.69 Å². The van der Waals surface area contributed by atoms with Gasteiger partial charge in [-0.25, -0.2) is 0 Å². The lowest BCUT2D eigenvalue weighted by Crippen LogP contribution is -2.38. The van der Waals surface area contributed by atoms with Gasteiger partial charge in [-0.05, 0) is 66.6 Å². The molecule has 2 nitrogen and oxygen atoms in total. The maximum Gasteiger partial charge on any atom is 0.0382 e. The summed E-state index contributed by atoms with van der Waals surface area (Å²) in [5.41, 5.74) is 2.69. The van der Waals surface area contributed by atoms with Crippen LogP contribution in [0.15, 0.2) is 18.2 Å². The molecule has 1 aromatic carbocycles. The number of rotatable bonds is 3. The van der Waals surface area contributed by atoms with E-state index in [1.54, 1.807) is 0 Å². The molecule has 1 aromatic rings. The van der Waals surface area contributed by atoms with E-state index in [2.05, 4.69) is 64.9 Å². The van der Waals surface area contributed by atoms with E-state index in [-0.39, 0.29) is 0 Å². The minimum atomic E-state index is 0.648. The fourth-order valence-corrected chi connectivity index (χ4v) is 2.88. The number of anilines is 1. The molecular weight excluding hydrogens is 323 g/mol. The van der Waals surface area contributed by atoms with E-state index < -0.39 is 0 Å². The average Bonchev–Trinajstić information content (AvgIpc) is 2.36. The van der Waals surface area contributed by atoms with E-state index in [0.29, 0.717) is 6.04 Å². The average molecular weight is 344 g/mol. The Bertz CT molecular complexity index is 370. The van der Waals surface area contributed by atoms with Crippen molar-refractivity contribution in [2.24, 2.45) is 0 Å². The molecule has 3 heteroatoms. The van der Waals surface area contributed by atoms with E-state index in [9.17, 15) is 0 Å². The van der Waals surface area contributed by atoms with Crippen LogP contribution in [-0.2, 0) is 0 Å². The second-order valence-electron chi connectivity index (χ2n) is 4.77. The zero-order chi connectivity index (χ0) is 12.3. The van der Waals surface area contributed by atoms with Gasteiger partial charge in [-0.15, -0.1) is 0 Å². The summed E-state index contributed by atoms with van der Waals surface area (Å²) in [6, 6.07) is 7.15. The van der Waals surface area contributed by atoms with Crippen molar-refractivity contribution in [3.8, 4) is 0 Å². The van der Waals surface area contributed by atoms with Gasteiger partial charge in [0.1, 0.15) is 0 Å². The predicted octanol–water partition coefficient (Wildman–Crippen LogP) is 3.50. The van der Waals surface area contributed by atoms with E-state index >= 15 is 0 Å². The number of halogens is 1. The zero-order valence-corrected chi connectivity index (χ0v) is 12.8. The Morgan fingerprint density at radius 3 is 2.71 bits per heavy atom. The largest absolute Gasteiger partial charge is 0.382 e. The van der Waals surface area contributed by atoms with Crippen LogP contribution in [0.1, 0.15) is 25.3 Å². The van der Waals surface area contributed by atoms with Gasteiger partial charge in [-0.3, -0.25) is 0 Å². The van der Waals surface area contributed by atoms with Gasteiger partial charge in [0.25, 0.3) is 0 Å². The number of hydrogen-bond acceptors (Lipinski definition) is 2. The normalized spacial score (nSPS) is 18.3. The first-order valence-electron chi connectivity index (χ1n) is 6.44. The molecule has 94 valence electrons. The number of nitrogens with one attached hydrogen (secondary N) is 1. The third-order valence-corrected chi connectivity index (χ3v) is 4.83. The molecule has 1 N–H and O–H groups in total. The summed E-state index contributed by atoms with van der Waals surface area (Å²) in [6.07, 6.45) is 2.53. The predicted molar refractivity (Wildman–Crippen MR) is 82.7 cm³/mol. The van der Waals surface area contributed by atoms with E-state index in [0.717, 1.165) is 0 Å². The lowest BCUT2D eigenvalue weighted by molar-refractivity contribution is 0.229. The van der Waals surface area contributed by atoms with E-state index in [1.807, 2.05) is 0 Å². The molecule has 1 aliphatic heterocycles. The monoisotopic (exact) mass is 344 g/mol. The molecular formula is C14H21IN2. The lowest BCUT2D eigenvalue weighted by atomic mass is 10.0. The topological polar surface area (TPSA) is 15.3 Å². The number of nitrogens with zero attached hydrogens (tertiary/aromatic N) is 1. The zero-order valence-electron chi connectivity index (χ0n) is 10.7. The molecule has 1 aliphatic rings. The first kappa shape index (κ1) is 13.1. The Kier molecular flexibility index (Phi) is 4.68. The number of hydrogen-bond donors (Lipinski definition) is 1. The van der Waals surface area contributed by atoms with Crippen LogP contribution in [0.2, 0.25) is 0 Å². The standard InChI is InChI=1S/C14H21IN2/c1-3-17-9-7-12(8-10-17)16-14-6-4-5-13(15)11(14)2/h4-6,12,16H,3,7-10H2,1-2H3. The van der Waals surface area contributed by atoms with Gasteiger partial charge in [0.2, 0.25) is 0 Å². The van der Waals surface area contributed by atoms with Gasteiger partial charge < -0.3 is 10.2 Å². The lowest BCUT2D eigenvalue weighted by Gasteiger charge is -2.32. The van der Waals surface area contributed by atoms with Crippen LogP contribution in [0.3, 0.4) is 0 Å². The molecule has 0 radical (unpaired) electrons. The summed E-state index contributed by atoms with van der Waals surface area (Å²) >= 11 is 2.41. The molecule has 0 amide bonds. The fraction of sp³-hybridized carbons (Fsp3) is 0.571. The van der Waals surface area contributed by atoms with Crippen molar-refractivity contribution in [2.45, 2.75) is 32.7 Å². The smallest absolute Gasteiger partial charge is 0.0382 e. The van der Waals surface area contributed by atoms with Gasteiger partial charge in [0.15, 0.2) is 0 Å². The molecule has 0 atom stereocenters. The van der Waals surface area contributed by atoms with Crippen molar-refractivity contribution in [3.63, 3.8) is 0 Å². The second kappa shape index (κ2) is 6.05. The van der Waals surface area contributed by atoms with Crippen molar-refractivity contribution >= 4 is 28.3 Å². The van der Waals surface area contributed by atoms with Gasteiger partial charge in [0.05, 0.1) is 0 Å². The third-order valence-electron chi connectivity index (χ3n) is 3.66. The molecule has 0 bridgehead atoms. The SMILES string of the molecule is CCN1CCC(Nc2cccc(I)c2C)CC1. The van der Waals surface area contributed by atoms with Crippen molar-refractivity contribution in [3.05, 3.63) is 27.3 Å². The molecule has 0 aromatic heterocycles. The van der Waals surface area contributed by atoms with Gasteiger partial charge >= 0.3 is 0 Å². The highest BCUT2D eigenvalue weighted by atomic mass is 127. The first-order chi connectivity index (χ1) is 8.20. The Morgan fingerprint density at radius 2 is 2.06 bits per heavy atom. The maximum absolute atomic E-state index is 3.70. The molecule has 1 fully saturated rings. The summed E-state index contributed by atoms with van der Waals surface area (Å²) < 4.78 is 1.35. The summed E-state index contributed by atoms with van der Waals surface area (Å²) in [6.45, 7) is 8.10. The number of likely N-dealkylation sites (tertiary alicyclic amines) is 1. The summed E-state index contributed by atoms with van der Waals surface area (Å²) in [5, 5.41) is 3.70. The molecule has 1 saturated heterocycles. The minimum Gasteiger partial charge on any atom is -0.382 e. The van der Waals surface area contributed by atoms with E-state index in [1.165, 1.54) is 47.3 Å². The molecule has 0 spiro atoms. The summed E-state index contributed by atoms with van der Waals surface area (Å²) in [4.78, 5) is 2.53. The summed E-state index contributed by atoms with van der Waals surface area (Å²) in [5.74, 6) is 0. The fourth-order valence-electron chi connectivity index (χ4n) is 2.38. The Morgan fingerprint density at radius 1 is 1.35 bits per heavy atom. The molecule has 0 saturated carbocycles. The van der Waals surface area contributed by atoms with Crippen molar-refractivity contribution in [1.29, 1.82) is 0 Å². The first-order valence-corrected chi connectivity index (χ1v) is 7.52. The highest BCUT2D eigenvalue weighted by Gasteiger charge is 2.18. The molecule has 2 rings (SSSR count). The van der Waals surface area contributed by atoms with Crippen LogP contribution in [-0.4, -0.2) is 30.6 Å². The van der Waals surface area contributed by atoms with Crippen molar-refractivity contribution in [2.75, 3.05) is 25.0 Å². The molecule has 0 unspecified atom stereocenters. The molecule has 0 aliphatic carbocycles. The van der Waals surface area contributed by atoms with Crippen LogP contribution in [0.5, 0.6) is 0 Å². The third kappa shape index (κ3) is 3.35. The van der Waals surface area contributed by atoms with Crippen molar-refractivity contribution in [1.82, 2.24) is 4.90 Å². The van der Waals surface area contributed by atoms with Crippen LogP contribution in [0, 0.1) is 10.5 Å². The van der Waals surface area contributed by atoms with Crippen LogP contribution >= 0.6 is 22.6 Å². The quantitative estimate of drug-likeness (QED) is 0.845. The number of piperidine rings is 1. The Labute approximate surface area is 118 Å². The van der Waals surface area contributed by atoms with E-state index in [4.69, 9.17) is 0 Å². The van der Waals surface area contributed by atoms with Gasteiger partial charge in [-0.1, -0.05) is 13.0 Å². The van der Waals surface area contributed by atoms with Gasteiger partial charge in [-0.2, -0.15) is 0 Å². The highest BCUT2D eigenvalue weighted by Crippen LogP contribution is 2.23. The Balaban J connectivity index is 1.95. The van der Waals surface area contributed by atoms with Gasteiger partial charge in [0, 0.05) is 28.4 Å². The van der Waals surface area contributed by atoms with Crippen molar-refractivity contribution < 1.29 is 0 Å². The Hall–Kier alpha value is -0.290. The maximum atomic E-state index is 3.70. The highest BCUT2D eigenvalue weighted by molar-refractivity contribution is 14.1. The summed E-state index contributed by atoms with van der Waals surface area (Å²) in [7, 11) is 0. The molecule has 1 heterocycles. The van der Waals surface area contributed by atoms with Crippen LogP contribution in [0.25, 0.3) is 0 Å². The second-order valence-corrected chi connectivity index (χ2v) is 5.93. The molecule has 17 heavy (non-hydrogen) atoms. The minimum absolute atomic E-state index is 0.648. The van der Waals surface area contributed by atoms with Crippen LogP contribution < -0.4 is 5.32 Å². The number of benzene rings is 1.